The van der Waals surface area contributed by atoms with Crippen LogP contribution in [0, 0.1) is 13.8 Å². The fourth-order valence-corrected chi connectivity index (χ4v) is 2.82. The molecule has 1 atom stereocenters. The summed E-state index contributed by atoms with van der Waals surface area (Å²) in [5.74, 6) is -2.81. The van der Waals surface area contributed by atoms with Crippen molar-refractivity contribution >= 4 is 11.0 Å². The second-order valence-corrected chi connectivity index (χ2v) is 6.29. The largest absolute Gasteiger partial charge is 0.385 e. The molecule has 0 fully saturated rings. The minimum Gasteiger partial charge on any atom is -0.385 e. The molecule has 6 nitrogen and oxygen atoms in total. The van der Waals surface area contributed by atoms with Crippen LogP contribution in [0.4, 0.5) is 8.78 Å². The van der Waals surface area contributed by atoms with Gasteiger partial charge in [0.25, 0.3) is 11.5 Å². The first-order chi connectivity index (χ1) is 11.6. The Bertz CT molecular complexity index is 993. The monoisotopic (exact) mass is 348 g/mol. The van der Waals surface area contributed by atoms with Gasteiger partial charge in [-0.2, -0.15) is 0 Å². The Balaban J connectivity index is 2.20. The summed E-state index contributed by atoms with van der Waals surface area (Å²) in [7, 11) is 0. The average molecular weight is 348 g/mol. The van der Waals surface area contributed by atoms with Crippen LogP contribution in [-0.4, -0.2) is 24.9 Å². The number of aryl methyl sites for hydroxylation is 2. The number of aromatic amines is 1. The number of rotatable bonds is 3. The topological polar surface area (TPSA) is 83.8 Å². The fourth-order valence-electron chi connectivity index (χ4n) is 2.82. The van der Waals surface area contributed by atoms with Crippen molar-refractivity contribution in [2.24, 2.45) is 0 Å². The first-order valence-electron chi connectivity index (χ1n) is 7.75. The molecule has 0 bridgehead atoms. The van der Waals surface area contributed by atoms with E-state index in [0.29, 0.717) is 16.8 Å². The summed E-state index contributed by atoms with van der Waals surface area (Å²) in [4.78, 5) is 18.8. The van der Waals surface area contributed by atoms with Gasteiger partial charge in [0.2, 0.25) is 0 Å². The van der Waals surface area contributed by atoms with E-state index < -0.39 is 17.6 Å². The number of halogens is 2. The summed E-state index contributed by atoms with van der Waals surface area (Å²) in [5.41, 5.74) is 1.52. The molecule has 8 heteroatoms. The molecule has 2 heterocycles. The Morgan fingerprint density at radius 3 is 2.40 bits per heavy atom. The lowest BCUT2D eigenvalue weighted by atomic mass is 10.0. The molecular weight excluding hydrogens is 330 g/mol. The minimum atomic E-state index is -2.94. The number of fused-ring (bicyclic) bond motifs is 1. The highest BCUT2D eigenvalue weighted by Gasteiger charge is 2.26. The van der Waals surface area contributed by atoms with E-state index in [0.717, 1.165) is 6.92 Å². The quantitative estimate of drug-likeness (QED) is 0.762. The third-order valence-corrected chi connectivity index (χ3v) is 4.03. The summed E-state index contributed by atoms with van der Waals surface area (Å²) in [5, 5.41) is 14.1. The average Bonchev–Trinajstić information content (AvgIpc) is 2.89. The van der Waals surface area contributed by atoms with E-state index in [-0.39, 0.29) is 22.4 Å². The normalized spacial score (nSPS) is 13.4. The second-order valence-electron chi connectivity index (χ2n) is 6.29. The zero-order valence-electron chi connectivity index (χ0n) is 14.3. The molecule has 0 aliphatic carbocycles. The molecule has 1 aromatic carbocycles. The van der Waals surface area contributed by atoms with Crippen molar-refractivity contribution in [2.75, 3.05) is 0 Å². The number of alkyl halides is 2. The standard InChI is InChI=1S/C17H18F2N4O2/c1-8-5-11(17(4,18)19)6-9(2)13(8)23-7-12-15(22-23)20-14(10(3)24)21-16(12)25/h5-7,10,24H,1-4H3,(H,20,21,22,25). The molecule has 0 aliphatic rings. The third kappa shape index (κ3) is 3.05. The van der Waals surface area contributed by atoms with Crippen molar-refractivity contribution in [3.63, 3.8) is 0 Å². The van der Waals surface area contributed by atoms with Crippen LogP contribution in [0.5, 0.6) is 0 Å². The maximum absolute atomic E-state index is 13.6. The van der Waals surface area contributed by atoms with Crippen LogP contribution in [0.2, 0.25) is 0 Å². The molecule has 25 heavy (non-hydrogen) atoms. The lowest BCUT2D eigenvalue weighted by Crippen LogP contribution is -2.12. The maximum Gasteiger partial charge on any atom is 0.270 e. The first-order valence-corrected chi connectivity index (χ1v) is 7.75. The van der Waals surface area contributed by atoms with E-state index in [4.69, 9.17) is 0 Å². The molecule has 0 saturated carbocycles. The summed E-state index contributed by atoms with van der Waals surface area (Å²) < 4.78 is 28.6. The van der Waals surface area contributed by atoms with Gasteiger partial charge >= 0.3 is 0 Å². The zero-order chi connectivity index (χ0) is 18.5. The highest BCUT2D eigenvalue weighted by molar-refractivity contribution is 5.73. The molecule has 0 radical (unpaired) electrons. The Labute approximate surface area is 142 Å². The van der Waals surface area contributed by atoms with Crippen LogP contribution in [0.15, 0.2) is 23.1 Å². The lowest BCUT2D eigenvalue weighted by molar-refractivity contribution is 0.0173. The van der Waals surface area contributed by atoms with Crippen molar-refractivity contribution in [2.45, 2.75) is 39.7 Å². The predicted octanol–water partition coefficient (Wildman–Crippen LogP) is 2.89. The number of aliphatic hydroxyl groups excluding tert-OH is 1. The van der Waals surface area contributed by atoms with Gasteiger partial charge < -0.3 is 10.1 Å². The maximum atomic E-state index is 13.6. The number of nitrogens with one attached hydrogen (secondary N) is 1. The van der Waals surface area contributed by atoms with E-state index in [1.165, 1.54) is 29.9 Å². The molecule has 132 valence electrons. The van der Waals surface area contributed by atoms with Crippen LogP contribution < -0.4 is 5.56 Å². The van der Waals surface area contributed by atoms with E-state index in [9.17, 15) is 18.7 Å². The van der Waals surface area contributed by atoms with Crippen LogP contribution in [0.25, 0.3) is 16.7 Å². The summed E-state index contributed by atoms with van der Waals surface area (Å²) in [6.45, 7) is 5.76. The van der Waals surface area contributed by atoms with Gasteiger partial charge in [-0.1, -0.05) is 0 Å². The number of aliphatic hydroxyl groups is 1. The molecule has 2 N–H and O–H groups in total. The Morgan fingerprint density at radius 2 is 1.88 bits per heavy atom. The SMILES string of the molecule is Cc1cc(C(C)(F)F)cc(C)c1-n1cc2c(=O)[nH]c(C(C)O)nc2n1. The van der Waals surface area contributed by atoms with Crippen molar-refractivity contribution in [3.8, 4) is 5.69 Å². The van der Waals surface area contributed by atoms with Crippen LogP contribution in [-0.2, 0) is 5.92 Å². The highest BCUT2D eigenvalue weighted by Crippen LogP contribution is 2.31. The van der Waals surface area contributed by atoms with Crippen molar-refractivity contribution < 1.29 is 13.9 Å². The van der Waals surface area contributed by atoms with Crippen LogP contribution in [0.1, 0.15) is 42.5 Å². The van der Waals surface area contributed by atoms with Crippen molar-refractivity contribution in [1.82, 2.24) is 19.7 Å². The highest BCUT2D eigenvalue weighted by atomic mass is 19.3. The van der Waals surface area contributed by atoms with E-state index >= 15 is 0 Å². The number of hydrogen-bond acceptors (Lipinski definition) is 4. The predicted molar refractivity (Wildman–Crippen MR) is 89.2 cm³/mol. The van der Waals surface area contributed by atoms with E-state index in [2.05, 4.69) is 15.1 Å². The molecule has 0 aliphatic heterocycles. The van der Waals surface area contributed by atoms with Gasteiger partial charge in [0.1, 0.15) is 17.3 Å². The first kappa shape index (κ1) is 17.2. The molecule has 3 rings (SSSR count). The lowest BCUT2D eigenvalue weighted by Gasteiger charge is -2.16. The zero-order valence-corrected chi connectivity index (χ0v) is 14.3. The molecule has 0 amide bonds. The molecular formula is C17H18F2N4O2. The minimum absolute atomic E-state index is 0.0738. The van der Waals surface area contributed by atoms with Gasteiger partial charge in [0, 0.05) is 18.7 Å². The van der Waals surface area contributed by atoms with Gasteiger partial charge in [-0.25, -0.2) is 18.4 Å². The molecule has 0 spiro atoms. The van der Waals surface area contributed by atoms with Crippen LogP contribution in [0.3, 0.4) is 0 Å². The molecule has 0 saturated heterocycles. The molecule has 1 unspecified atom stereocenters. The van der Waals surface area contributed by atoms with E-state index in [1.54, 1.807) is 13.8 Å². The summed E-state index contributed by atoms with van der Waals surface area (Å²) >= 11 is 0. The third-order valence-electron chi connectivity index (χ3n) is 4.03. The van der Waals surface area contributed by atoms with E-state index in [1.807, 2.05) is 0 Å². The Hall–Kier alpha value is -2.61. The summed E-state index contributed by atoms with van der Waals surface area (Å²) in [6.07, 6.45) is 0.573. The van der Waals surface area contributed by atoms with Crippen molar-refractivity contribution in [1.29, 1.82) is 0 Å². The second kappa shape index (κ2) is 5.73. The summed E-state index contributed by atoms with van der Waals surface area (Å²) in [6, 6.07) is 2.82. The molecule has 2 aromatic heterocycles. The Kier molecular flexibility index (Phi) is 3.95. The van der Waals surface area contributed by atoms with Gasteiger partial charge in [0.15, 0.2) is 5.65 Å². The van der Waals surface area contributed by atoms with Gasteiger partial charge in [-0.3, -0.25) is 4.79 Å². The Morgan fingerprint density at radius 1 is 1.28 bits per heavy atom. The number of benzene rings is 1. The van der Waals surface area contributed by atoms with Crippen molar-refractivity contribution in [3.05, 3.63) is 51.2 Å². The number of H-pyrrole nitrogens is 1. The van der Waals surface area contributed by atoms with Crippen LogP contribution >= 0.6 is 0 Å². The number of aromatic nitrogens is 4. The number of hydrogen-bond donors (Lipinski definition) is 2. The smallest absolute Gasteiger partial charge is 0.270 e. The number of nitrogens with zero attached hydrogens (tertiary/aromatic N) is 3. The fraction of sp³-hybridized carbons (Fsp3) is 0.353. The van der Waals surface area contributed by atoms with Gasteiger partial charge in [0.05, 0.1) is 5.69 Å². The molecule has 3 aromatic rings. The van der Waals surface area contributed by atoms with Gasteiger partial charge in [-0.15, -0.1) is 5.10 Å². The van der Waals surface area contributed by atoms with Gasteiger partial charge in [-0.05, 0) is 44.0 Å².